The SMILES string of the molecule is CSCC[C@H](N)C(=O)N[C@@H](Cc1c[nH]c2ccccc12)C(=O)NS(=O)(=O)OC[C@H]1O[C@@H](n2cnc3c(N)ncnc32)[C@H](O)[C@@H]1O. The third-order valence-corrected chi connectivity index (χ3v) is 8.85. The van der Waals surface area contributed by atoms with Crippen molar-refractivity contribution >= 4 is 61.8 Å². The summed E-state index contributed by atoms with van der Waals surface area (Å²) >= 11 is 1.50. The summed E-state index contributed by atoms with van der Waals surface area (Å²) in [4.78, 5) is 41.2. The van der Waals surface area contributed by atoms with Crippen molar-refractivity contribution in [2.45, 2.75) is 49.5 Å². The Labute approximate surface area is 261 Å². The molecule has 5 rings (SSSR count). The maximum absolute atomic E-state index is 13.3. The smallest absolute Gasteiger partial charge is 0.362 e. The number of amides is 2. The average molecular weight is 664 g/mol. The number of imidazole rings is 1. The molecule has 0 radical (unpaired) electrons. The highest BCUT2D eigenvalue weighted by Gasteiger charge is 2.45. The van der Waals surface area contributed by atoms with Gasteiger partial charge in [0, 0.05) is 23.5 Å². The molecule has 0 unspecified atom stereocenters. The minimum absolute atomic E-state index is 0.0579. The normalized spacial score (nSPS) is 21.6. The molecule has 242 valence electrons. The van der Waals surface area contributed by atoms with Crippen LogP contribution in [0.15, 0.2) is 43.1 Å². The maximum Gasteiger partial charge on any atom is 0.362 e. The van der Waals surface area contributed by atoms with Crippen molar-refractivity contribution in [3.63, 3.8) is 0 Å². The summed E-state index contributed by atoms with van der Waals surface area (Å²) in [6, 6.07) is 5.05. The summed E-state index contributed by atoms with van der Waals surface area (Å²) in [5.74, 6) is -0.989. The monoisotopic (exact) mass is 663 g/mol. The number of nitrogen functional groups attached to an aromatic ring is 1. The molecular formula is C26H33N9O8S2. The molecule has 45 heavy (non-hydrogen) atoms. The van der Waals surface area contributed by atoms with Crippen molar-refractivity contribution in [3.8, 4) is 0 Å². The number of H-pyrrole nitrogens is 1. The molecule has 1 saturated heterocycles. The Kier molecular flexibility index (Phi) is 9.87. The first kappa shape index (κ1) is 32.5. The Morgan fingerprint density at radius 2 is 1.98 bits per heavy atom. The molecule has 19 heteroatoms. The molecule has 0 saturated carbocycles. The fourth-order valence-corrected chi connectivity index (χ4v) is 6.17. The van der Waals surface area contributed by atoms with Crippen molar-refractivity contribution < 1.29 is 37.1 Å². The Morgan fingerprint density at radius 1 is 1.20 bits per heavy atom. The number of hydrogen-bond donors (Lipinski definition) is 7. The molecule has 6 atom stereocenters. The van der Waals surface area contributed by atoms with E-state index in [1.165, 1.54) is 29.0 Å². The fraction of sp³-hybridized carbons (Fsp3) is 0.423. The Morgan fingerprint density at radius 3 is 2.76 bits per heavy atom. The number of aliphatic hydroxyl groups excluding tert-OH is 2. The summed E-state index contributed by atoms with van der Waals surface area (Å²) in [5.41, 5.74) is 13.7. The first-order chi connectivity index (χ1) is 21.5. The van der Waals surface area contributed by atoms with Crippen molar-refractivity contribution in [1.82, 2.24) is 34.5 Å². The zero-order valence-corrected chi connectivity index (χ0v) is 25.6. The lowest BCUT2D eigenvalue weighted by Crippen LogP contribution is -2.53. The van der Waals surface area contributed by atoms with E-state index in [1.807, 2.05) is 35.2 Å². The lowest BCUT2D eigenvalue weighted by Gasteiger charge is -2.21. The lowest BCUT2D eigenvalue weighted by molar-refractivity contribution is -0.128. The van der Waals surface area contributed by atoms with E-state index in [-0.39, 0.29) is 23.4 Å². The second-order valence-electron chi connectivity index (χ2n) is 10.3. The summed E-state index contributed by atoms with van der Waals surface area (Å²) in [6.45, 7) is -0.764. The number of aromatic amines is 1. The molecule has 1 aliphatic heterocycles. The number of carbonyl (C=O) groups is 2. The van der Waals surface area contributed by atoms with Crippen LogP contribution in [-0.2, 0) is 35.2 Å². The fourth-order valence-electron chi connectivity index (χ4n) is 4.92. The van der Waals surface area contributed by atoms with Gasteiger partial charge in [0.15, 0.2) is 17.7 Å². The van der Waals surface area contributed by atoms with Gasteiger partial charge in [-0.2, -0.15) is 20.2 Å². The van der Waals surface area contributed by atoms with Crippen molar-refractivity contribution in [1.29, 1.82) is 0 Å². The van der Waals surface area contributed by atoms with E-state index in [2.05, 4.69) is 25.3 Å². The van der Waals surface area contributed by atoms with Crippen LogP contribution in [0.1, 0.15) is 18.2 Å². The van der Waals surface area contributed by atoms with Gasteiger partial charge in [-0.15, -0.1) is 0 Å². The van der Waals surface area contributed by atoms with Crippen LogP contribution in [0.3, 0.4) is 0 Å². The highest BCUT2D eigenvalue weighted by molar-refractivity contribution is 7.98. The predicted octanol–water partition coefficient (Wildman–Crippen LogP) is -1.31. The van der Waals surface area contributed by atoms with E-state index in [0.29, 0.717) is 17.7 Å². The number of rotatable bonds is 13. The number of ether oxygens (including phenoxy) is 1. The van der Waals surface area contributed by atoms with Gasteiger partial charge in [-0.3, -0.25) is 18.3 Å². The van der Waals surface area contributed by atoms with Gasteiger partial charge in [0.05, 0.1) is 19.0 Å². The zero-order valence-electron chi connectivity index (χ0n) is 23.9. The van der Waals surface area contributed by atoms with E-state index in [0.717, 1.165) is 10.9 Å². The minimum Gasteiger partial charge on any atom is -0.387 e. The molecule has 1 aromatic carbocycles. The molecule has 17 nitrogen and oxygen atoms in total. The molecule has 4 aromatic rings. The molecule has 4 heterocycles. The lowest BCUT2D eigenvalue weighted by atomic mass is 10.0. The number of aromatic nitrogens is 5. The number of hydrogen-bond acceptors (Lipinski definition) is 14. The van der Waals surface area contributed by atoms with Gasteiger partial charge in [-0.1, -0.05) is 18.2 Å². The number of thioether (sulfide) groups is 1. The molecule has 1 fully saturated rings. The van der Waals surface area contributed by atoms with Crippen LogP contribution in [0.4, 0.5) is 5.82 Å². The summed E-state index contributed by atoms with van der Waals surface area (Å²) in [5, 5.41) is 24.5. The number of benzene rings is 1. The standard InChI is InChI=1S/C26H33N9O8S2/c1-44-7-6-15(27)24(38)33-17(8-13-9-29-16-5-3-2-4-14(13)16)25(39)34-45(40,41)42-10-18-20(36)21(37)26(43-18)35-12-32-19-22(28)30-11-31-23(19)35/h2-5,9,11-12,15,17-18,20-21,26,29,36-37H,6-8,10,27H2,1H3,(H,33,38)(H,34,39)(H2,28,30,31)/t15-,17-,18+,20+,21+,26+/m0/s1. The molecule has 1 aliphatic rings. The van der Waals surface area contributed by atoms with Gasteiger partial charge in [0.25, 0.3) is 5.91 Å². The number of carbonyl (C=O) groups excluding carboxylic acids is 2. The number of nitrogens with zero attached hydrogens (tertiary/aromatic N) is 4. The number of nitrogens with one attached hydrogen (secondary N) is 3. The van der Waals surface area contributed by atoms with E-state index >= 15 is 0 Å². The molecule has 0 bridgehead atoms. The third-order valence-electron chi connectivity index (χ3n) is 7.31. The molecular weight excluding hydrogens is 630 g/mol. The summed E-state index contributed by atoms with van der Waals surface area (Å²) < 4.78 is 39.5. The molecule has 9 N–H and O–H groups in total. The number of anilines is 1. The number of para-hydroxylation sites is 1. The molecule has 3 aromatic heterocycles. The molecule has 2 amide bonds. The summed E-state index contributed by atoms with van der Waals surface area (Å²) in [6.07, 6.45) is 0.663. The minimum atomic E-state index is -4.78. The highest BCUT2D eigenvalue weighted by atomic mass is 32.2. The largest absolute Gasteiger partial charge is 0.387 e. The first-order valence-electron chi connectivity index (χ1n) is 13.7. The van der Waals surface area contributed by atoms with E-state index in [9.17, 15) is 28.2 Å². The number of nitrogens with two attached hydrogens (primary N) is 2. The van der Waals surface area contributed by atoms with Gasteiger partial charge < -0.3 is 36.7 Å². The average Bonchev–Trinajstić information content (AvgIpc) is 3.71. The number of aliphatic hydroxyl groups is 2. The van der Waals surface area contributed by atoms with Crippen LogP contribution >= 0.6 is 11.8 Å². The van der Waals surface area contributed by atoms with Gasteiger partial charge in [0.2, 0.25) is 5.91 Å². The highest BCUT2D eigenvalue weighted by Crippen LogP contribution is 2.32. The topological polar surface area (TPSA) is 263 Å². The van der Waals surface area contributed by atoms with Crippen LogP contribution in [0.5, 0.6) is 0 Å². The van der Waals surface area contributed by atoms with E-state index in [1.54, 1.807) is 6.20 Å². The second-order valence-corrected chi connectivity index (χ2v) is 12.7. The molecule has 0 aliphatic carbocycles. The first-order valence-corrected chi connectivity index (χ1v) is 16.5. The van der Waals surface area contributed by atoms with Gasteiger partial charge >= 0.3 is 10.3 Å². The summed E-state index contributed by atoms with van der Waals surface area (Å²) in [7, 11) is -4.78. The van der Waals surface area contributed by atoms with Crippen LogP contribution in [0.2, 0.25) is 0 Å². The van der Waals surface area contributed by atoms with Crippen LogP contribution in [0.25, 0.3) is 22.1 Å². The van der Waals surface area contributed by atoms with Crippen LogP contribution in [0, 0.1) is 0 Å². The molecule has 0 spiro atoms. The van der Waals surface area contributed by atoms with Crippen molar-refractivity contribution in [3.05, 3.63) is 48.7 Å². The van der Waals surface area contributed by atoms with Crippen LogP contribution < -0.4 is 21.5 Å². The Balaban J connectivity index is 1.26. The predicted molar refractivity (Wildman–Crippen MR) is 164 cm³/mol. The maximum atomic E-state index is 13.3. The third kappa shape index (κ3) is 7.19. The van der Waals surface area contributed by atoms with Crippen molar-refractivity contribution in [2.75, 3.05) is 24.3 Å². The van der Waals surface area contributed by atoms with Gasteiger partial charge in [-0.05, 0) is 30.1 Å². The van der Waals surface area contributed by atoms with Crippen LogP contribution in [-0.4, -0.2) is 104 Å². The zero-order chi connectivity index (χ0) is 32.3. The Bertz CT molecular complexity index is 1780. The number of fused-ring (bicyclic) bond motifs is 2. The van der Waals surface area contributed by atoms with Crippen molar-refractivity contribution in [2.24, 2.45) is 5.73 Å². The van der Waals surface area contributed by atoms with E-state index < -0.39 is 65.3 Å². The van der Waals surface area contributed by atoms with E-state index in [4.69, 9.17) is 20.4 Å². The Hall–Kier alpha value is -3.85. The van der Waals surface area contributed by atoms with Gasteiger partial charge in [-0.25, -0.2) is 19.7 Å². The van der Waals surface area contributed by atoms with Gasteiger partial charge in [0.1, 0.15) is 36.2 Å². The quantitative estimate of drug-likeness (QED) is 0.0877. The second kappa shape index (κ2) is 13.6.